The quantitative estimate of drug-likeness (QED) is 0.722. The Balaban J connectivity index is 1.82. The van der Waals surface area contributed by atoms with E-state index in [0.717, 1.165) is 18.4 Å². The first-order valence-electron chi connectivity index (χ1n) is 10.5. The van der Waals surface area contributed by atoms with Crippen LogP contribution in [0.3, 0.4) is 0 Å². The average Bonchev–Trinajstić information content (AvgIpc) is 3.05. The number of nitrogens with zero attached hydrogens (tertiary/aromatic N) is 3. The Morgan fingerprint density at radius 3 is 2.71 bits per heavy atom. The zero-order chi connectivity index (χ0) is 24.4. The Labute approximate surface area is 194 Å². The van der Waals surface area contributed by atoms with Crippen molar-refractivity contribution < 1.29 is 17.2 Å². The van der Waals surface area contributed by atoms with Crippen LogP contribution in [-0.2, 0) is 16.9 Å². The van der Waals surface area contributed by atoms with Crippen molar-refractivity contribution in [1.29, 1.82) is 5.26 Å². The summed E-state index contributed by atoms with van der Waals surface area (Å²) in [6.07, 6.45) is 6.33. The molecular weight excluding hydrogens is 462 g/mol. The molecule has 7 nitrogen and oxygen atoms in total. The molecule has 0 saturated carbocycles. The van der Waals surface area contributed by atoms with Crippen molar-refractivity contribution in [2.45, 2.75) is 18.5 Å². The summed E-state index contributed by atoms with van der Waals surface area (Å²) in [5, 5.41) is 12.9. The highest BCUT2D eigenvalue weighted by molar-refractivity contribution is 7.91. The van der Waals surface area contributed by atoms with Gasteiger partial charge in [-0.15, -0.1) is 0 Å². The van der Waals surface area contributed by atoms with Gasteiger partial charge in [0.25, 0.3) is 5.56 Å². The Bertz CT molecular complexity index is 1550. The molecule has 2 unspecified atom stereocenters. The van der Waals surface area contributed by atoms with Crippen LogP contribution in [0.25, 0.3) is 11.3 Å². The van der Waals surface area contributed by atoms with E-state index in [1.54, 1.807) is 36.5 Å². The number of aromatic nitrogens is 1. The maximum atomic E-state index is 14.8. The maximum absolute atomic E-state index is 14.8. The number of nitrogens with one attached hydrogen (secondary N) is 1. The second kappa shape index (κ2) is 7.67. The molecule has 2 atom stereocenters. The third kappa shape index (κ3) is 3.53. The highest BCUT2D eigenvalue weighted by atomic mass is 32.2. The first kappa shape index (κ1) is 22.1. The Morgan fingerprint density at radius 1 is 1.26 bits per heavy atom. The van der Waals surface area contributed by atoms with Crippen molar-refractivity contribution in [1.82, 2.24) is 9.88 Å². The number of sulfone groups is 1. The molecule has 2 aromatic rings. The molecule has 1 aliphatic carbocycles. The molecule has 1 aromatic heterocycles. The third-order valence-electron chi connectivity index (χ3n) is 6.26. The van der Waals surface area contributed by atoms with E-state index in [2.05, 4.69) is 11.4 Å². The lowest BCUT2D eigenvalue weighted by atomic mass is 9.88. The fraction of sp³-hybridized carbons (Fsp3) is 0.250. The Hall–Kier alpha value is -3.71. The van der Waals surface area contributed by atoms with Crippen LogP contribution in [0.15, 0.2) is 58.7 Å². The van der Waals surface area contributed by atoms with Crippen molar-refractivity contribution >= 4 is 26.8 Å². The van der Waals surface area contributed by atoms with Gasteiger partial charge in [-0.2, -0.15) is 5.26 Å². The molecule has 0 saturated heterocycles. The summed E-state index contributed by atoms with van der Waals surface area (Å²) in [6, 6.07) is 5.94. The topological polar surface area (TPSA) is 95.2 Å². The van der Waals surface area contributed by atoms with E-state index in [4.69, 9.17) is 0 Å². The largest absolute Gasteiger partial charge is 0.369 e. The smallest absolute Gasteiger partial charge is 0.260 e. The van der Waals surface area contributed by atoms with Crippen LogP contribution in [-0.4, -0.2) is 37.1 Å². The van der Waals surface area contributed by atoms with E-state index in [9.17, 15) is 27.3 Å². The molecule has 0 radical (unpaired) electrons. The molecule has 3 aliphatic rings. The number of hydrogen-bond acceptors (Lipinski definition) is 6. The fourth-order valence-electron chi connectivity index (χ4n) is 4.86. The highest BCUT2D eigenvalue weighted by Crippen LogP contribution is 2.45. The zero-order valence-electron chi connectivity index (χ0n) is 18.3. The number of hydrogen-bond donors (Lipinski definition) is 1. The SMILES string of the molecule is Cn1ccc2c(c1=O)C1=C3C(=CN(c4ccc(F)cc4F)C3CC(C#N)N1)C=C2CS(C)(=O)=O. The minimum absolute atomic E-state index is 0.122. The summed E-state index contributed by atoms with van der Waals surface area (Å²) >= 11 is 0. The van der Waals surface area contributed by atoms with Gasteiger partial charge in [0.2, 0.25) is 0 Å². The number of halogens is 2. The van der Waals surface area contributed by atoms with Crippen molar-refractivity contribution in [2.75, 3.05) is 16.9 Å². The van der Waals surface area contributed by atoms with Crippen LogP contribution in [0, 0.1) is 23.0 Å². The van der Waals surface area contributed by atoms with E-state index < -0.39 is 33.6 Å². The number of fused-ring (bicyclic) bond motifs is 2. The summed E-state index contributed by atoms with van der Waals surface area (Å²) in [6.45, 7) is 0. The number of benzene rings is 1. The van der Waals surface area contributed by atoms with Crippen molar-refractivity contribution in [3.8, 4) is 6.07 Å². The van der Waals surface area contributed by atoms with Gasteiger partial charge in [0.1, 0.15) is 17.7 Å². The van der Waals surface area contributed by atoms with Gasteiger partial charge in [0, 0.05) is 43.8 Å². The lowest BCUT2D eigenvalue weighted by Crippen LogP contribution is -2.44. The molecule has 0 spiro atoms. The van der Waals surface area contributed by atoms with E-state index in [1.807, 2.05) is 0 Å². The van der Waals surface area contributed by atoms with Crippen LogP contribution in [0.1, 0.15) is 17.5 Å². The molecule has 2 aliphatic heterocycles. The van der Waals surface area contributed by atoms with Gasteiger partial charge in [0.15, 0.2) is 9.84 Å². The number of allylic oxidation sites excluding steroid dienone is 1. The summed E-state index contributed by atoms with van der Waals surface area (Å²) < 4.78 is 54.2. The molecule has 0 bridgehead atoms. The summed E-state index contributed by atoms with van der Waals surface area (Å²) in [4.78, 5) is 14.9. The predicted molar refractivity (Wildman–Crippen MR) is 124 cm³/mol. The second-order valence-corrected chi connectivity index (χ2v) is 10.9. The minimum atomic E-state index is -3.46. The van der Waals surface area contributed by atoms with Gasteiger partial charge in [-0.05, 0) is 41.0 Å². The van der Waals surface area contributed by atoms with Crippen molar-refractivity contribution in [3.63, 3.8) is 0 Å². The fourth-order valence-corrected chi connectivity index (χ4v) is 5.66. The van der Waals surface area contributed by atoms with Gasteiger partial charge in [-0.25, -0.2) is 17.2 Å². The van der Waals surface area contributed by atoms with Gasteiger partial charge in [-0.1, -0.05) is 0 Å². The summed E-state index contributed by atoms with van der Waals surface area (Å²) in [5.41, 5.74) is 2.63. The van der Waals surface area contributed by atoms with Gasteiger partial charge >= 0.3 is 0 Å². The van der Waals surface area contributed by atoms with Crippen LogP contribution >= 0.6 is 0 Å². The molecule has 5 rings (SSSR count). The maximum Gasteiger partial charge on any atom is 0.260 e. The molecule has 3 heterocycles. The van der Waals surface area contributed by atoms with Crippen molar-refractivity contribution in [2.24, 2.45) is 7.05 Å². The standard InChI is InChI=1S/C24H20F2N4O3S/c1-29-6-5-17-14(12-34(2,32)33)7-13-11-30(19-4-3-15(25)8-18(19)26)20-9-16(10-27)28-23(21(13)20)22(17)24(29)31/h3-8,11,16,20,28H,9,12H2,1-2H3. The molecule has 34 heavy (non-hydrogen) atoms. The van der Waals surface area contributed by atoms with Crippen LogP contribution < -0.4 is 15.8 Å². The van der Waals surface area contributed by atoms with Gasteiger partial charge < -0.3 is 14.8 Å². The summed E-state index contributed by atoms with van der Waals surface area (Å²) in [5.74, 6) is -1.78. The number of aryl methyl sites for hydroxylation is 1. The molecule has 0 amide bonds. The molecule has 1 N–H and O–H groups in total. The van der Waals surface area contributed by atoms with E-state index in [-0.39, 0.29) is 29.0 Å². The molecular formula is C24H20F2N4O3S. The molecule has 174 valence electrons. The van der Waals surface area contributed by atoms with E-state index in [1.165, 1.54) is 10.6 Å². The lowest BCUT2D eigenvalue weighted by Gasteiger charge is -2.34. The number of nitriles is 1. The van der Waals surface area contributed by atoms with Gasteiger partial charge in [-0.3, -0.25) is 4.79 Å². The number of anilines is 1. The Kier molecular flexibility index (Phi) is 4.98. The zero-order valence-corrected chi connectivity index (χ0v) is 19.2. The number of rotatable bonds is 3. The third-order valence-corrected chi connectivity index (χ3v) is 7.10. The van der Waals surface area contributed by atoms with E-state index in [0.29, 0.717) is 28.0 Å². The first-order valence-corrected chi connectivity index (χ1v) is 12.6. The van der Waals surface area contributed by atoms with Crippen LogP contribution in [0.2, 0.25) is 0 Å². The minimum Gasteiger partial charge on any atom is -0.369 e. The molecule has 0 fully saturated rings. The van der Waals surface area contributed by atoms with Crippen molar-refractivity contribution in [3.05, 3.63) is 87.0 Å². The molecule has 10 heteroatoms. The highest BCUT2D eigenvalue weighted by Gasteiger charge is 2.42. The Morgan fingerprint density at radius 2 is 2.03 bits per heavy atom. The first-order chi connectivity index (χ1) is 16.1. The normalized spacial score (nSPS) is 21.1. The lowest BCUT2D eigenvalue weighted by molar-refractivity contribution is 0.551. The monoisotopic (exact) mass is 482 g/mol. The molecule has 1 aromatic carbocycles. The predicted octanol–water partition coefficient (Wildman–Crippen LogP) is 2.47. The van der Waals surface area contributed by atoms with E-state index >= 15 is 0 Å². The van der Waals surface area contributed by atoms with Crippen LogP contribution in [0.5, 0.6) is 0 Å². The van der Waals surface area contributed by atoms with Crippen LogP contribution in [0.4, 0.5) is 14.5 Å². The average molecular weight is 483 g/mol. The second-order valence-electron chi connectivity index (χ2n) is 8.71. The summed E-state index contributed by atoms with van der Waals surface area (Å²) in [7, 11) is -1.87. The van der Waals surface area contributed by atoms with Gasteiger partial charge in [0.05, 0.1) is 34.8 Å². The number of pyridine rings is 1.